The van der Waals surface area contributed by atoms with Gasteiger partial charge >= 0.3 is 6.01 Å². The van der Waals surface area contributed by atoms with Crippen LogP contribution in [0.15, 0.2) is 60.9 Å². The van der Waals surface area contributed by atoms with Gasteiger partial charge in [-0.05, 0) is 42.5 Å². The molecular weight excluding hydrogens is 366 g/mol. The molecule has 2 heterocycles. The summed E-state index contributed by atoms with van der Waals surface area (Å²) in [4.78, 5) is 13.7. The lowest BCUT2D eigenvalue weighted by atomic mass is 10.2. The van der Waals surface area contributed by atoms with E-state index in [4.69, 9.17) is 4.74 Å². The zero-order valence-electron chi connectivity index (χ0n) is 14.7. The molecule has 140 valence electrons. The van der Waals surface area contributed by atoms with Gasteiger partial charge in [0.2, 0.25) is 5.88 Å². The van der Waals surface area contributed by atoms with Gasteiger partial charge < -0.3 is 14.7 Å². The first-order valence-corrected chi connectivity index (χ1v) is 8.28. The Balaban J connectivity index is 1.56. The third kappa shape index (κ3) is 3.52. The first-order valence-electron chi connectivity index (χ1n) is 8.28. The largest absolute Gasteiger partial charge is 0.493 e. The summed E-state index contributed by atoms with van der Waals surface area (Å²) in [5.74, 6) is -1.06. The fraction of sp³-hybridized carbons (Fsp3) is 0.0500. The summed E-state index contributed by atoms with van der Waals surface area (Å²) in [6, 6.07) is 11.7. The van der Waals surface area contributed by atoms with Crippen molar-refractivity contribution in [3.8, 4) is 17.6 Å². The average Bonchev–Trinajstić information content (AvgIpc) is 2.67. The van der Waals surface area contributed by atoms with Gasteiger partial charge in [-0.2, -0.15) is 9.97 Å². The van der Waals surface area contributed by atoms with Crippen molar-refractivity contribution in [3.63, 3.8) is 0 Å². The fourth-order valence-electron chi connectivity index (χ4n) is 2.71. The Morgan fingerprint density at radius 1 is 0.929 bits per heavy atom. The second kappa shape index (κ2) is 7.07. The van der Waals surface area contributed by atoms with Gasteiger partial charge in [0, 0.05) is 30.7 Å². The molecule has 0 radical (unpaired) electrons. The smallest absolute Gasteiger partial charge is 0.325 e. The molecule has 0 bridgehead atoms. The molecule has 0 saturated heterocycles. The maximum atomic E-state index is 13.4. The molecule has 0 unspecified atom stereocenters. The predicted molar refractivity (Wildman–Crippen MR) is 99.9 cm³/mol. The summed E-state index contributed by atoms with van der Waals surface area (Å²) in [5, 5.41) is 10.5. The first kappa shape index (κ1) is 17.6. The van der Waals surface area contributed by atoms with E-state index < -0.39 is 11.6 Å². The molecule has 0 amide bonds. The lowest BCUT2D eigenvalue weighted by molar-refractivity contribution is 0.412. The number of aromatic nitrogens is 3. The Morgan fingerprint density at radius 2 is 1.64 bits per heavy atom. The van der Waals surface area contributed by atoms with E-state index in [1.54, 1.807) is 42.3 Å². The molecule has 0 atom stereocenters. The van der Waals surface area contributed by atoms with E-state index in [1.807, 2.05) is 0 Å². The molecular formula is C20H14F2N4O2. The normalized spacial score (nSPS) is 10.8. The molecule has 0 spiro atoms. The van der Waals surface area contributed by atoms with Gasteiger partial charge in [0.15, 0.2) is 0 Å². The van der Waals surface area contributed by atoms with E-state index in [1.165, 1.54) is 24.5 Å². The fourth-order valence-corrected chi connectivity index (χ4v) is 2.71. The zero-order valence-corrected chi connectivity index (χ0v) is 14.7. The van der Waals surface area contributed by atoms with Gasteiger partial charge in [0.25, 0.3) is 0 Å². The molecule has 4 rings (SSSR count). The summed E-state index contributed by atoms with van der Waals surface area (Å²) < 4.78 is 32.5. The summed E-state index contributed by atoms with van der Waals surface area (Å²) in [5.41, 5.74) is 1.53. The number of fused-ring (bicyclic) bond motifs is 1. The zero-order chi connectivity index (χ0) is 19.7. The molecule has 6 nitrogen and oxygen atoms in total. The first-order chi connectivity index (χ1) is 13.5. The SMILES string of the molecule is CN(c1ccc(Oc2nc(O)c3ccncc3n2)cc1)c1cc(F)cc(F)c1. The molecule has 4 aromatic rings. The van der Waals surface area contributed by atoms with E-state index in [9.17, 15) is 13.9 Å². The Bertz CT molecular complexity index is 1130. The highest BCUT2D eigenvalue weighted by atomic mass is 19.1. The maximum absolute atomic E-state index is 13.4. The number of hydrogen-bond donors (Lipinski definition) is 1. The van der Waals surface area contributed by atoms with Gasteiger partial charge in [0.1, 0.15) is 17.4 Å². The van der Waals surface area contributed by atoms with Crippen LogP contribution in [0.2, 0.25) is 0 Å². The van der Waals surface area contributed by atoms with Crippen LogP contribution in [0.4, 0.5) is 20.2 Å². The van der Waals surface area contributed by atoms with Crippen LogP contribution in [0.3, 0.4) is 0 Å². The monoisotopic (exact) mass is 380 g/mol. The number of pyridine rings is 1. The minimum Gasteiger partial charge on any atom is -0.493 e. The minimum atomic E-state index is -0.649. The van der Waals surface area contributed by atoms with Crippen LogP contribution < -0.4 is 9.64 Å². The van der Waals surface area contributed by atoms with Gasteiger partial charge in [-0.1, -0.05) is 0 Å². The third-order valence-corrected chi connectivity index (χ3v) is 4.13. The van der Waals surface area contributed by atoms with E-state index in [2.05, 4.69) is 15.0 Å². The molecule has 2 aromatic heterocycles. The Kier molecular flexibility index (Phi) is 4.44. The Morgan fingerprint density at radius 3 is 2.36 bits per heavy atom. The second-order valence-electron chi connectivity index (χ2n) is 6.01. The highest BCUT2D eigenvalue weighted by molar-refractivity contribution is 5.82. The number of nitrogens with zero attached hydrogens (tertiary/aromatic N) is 4. The molecule has 0 aliphatic heterocycles. The van der Waals surface area contributed by atoms with Crippen LogP contribution in [0.5, 0.6) is 17.6 Å². The number of hydrogen-bond acceptors (Lipinski definition) is 6. The van der Waals surface area contributed by atoms with Crippen molar-refractivity contribution in [2.24, 2.45) is 0 Å². The van der Waals surface area contributed by atoms with Crippen LogP contribution >= 0.6 is 0 Å². The predicted octanol–water partition coefficient (Wildman–Crippen LogP) is 4.57. The molecule has 28 heavy (non-hydrogen) atoms. The molecule has 0 saturated carbocycles. The lowest BCUT2D eigenvalue weighted by Crippen LogP contribution is -2.09. The van der Waals surface area contributed by atoms with Crippen LogP contribution in [-0.2, 0) is 0 Å². The Hall–Kier alpha value is -3.81. The standard InChI is InChI=1S/C20H14F2N4O2/c1-26(15-9-12(21)8-13(22)10-15)14-2-4-16(5-3-14)28-20-24-18-11-23-7-6-17(18)19(27)25-20/h2-11H,1H3,(H,24,25,27). The summed E-state index contributed by atoms with van der Waals surface area (Å²) in [6.45, 7) is 0. The topological polar surface area (TPSA) is 71.4 Å². The van der Waals surface area contributed by atoms with Gasteiger partial charge in [-0.25, -0.2) is 8.78 Å². The van der Waals surface area contributed by atoms with Crippen molar-refractivity contribution < 1.29 is 18.6 Å². The number of aromatic hydroxyl groups is 1. The molecule has 0 aliphatic carbocycles. The van der Waals surface area contributed by atoms with Crippen molar-refractivity contribution in [3.05, 3.63) is 72.6 Å². The molecule has 1 N–H and O–H groups in total. The third-order valence-electron chi connectivity index (χ3n) is 4.13. The number of ether oxygens (including phenoxy) is 1. The quantitative estimate of drug-likeness (QED) is 0.559. The molecule has 0 aliphatic rings. The van der Waals surface area contributed by atoms with Crippen molar-refractivity contribution in [2.45, 2.75) is 0 Å². The van der Waals surface area contributed by atoms with Crippen molar-refractivity contribution in [1.82, 2.24) is 15.0 Å². The van der Waals surface area contributed by atoms with Crippen molar-refractivity contribution in [2.75, 3.05) is 11.9 Å². The van der Waals surface area contributed by atoms with Gasteiger partial charge in [0.05, 0.1) is 17.1 Å². The highest BCUT2D eigenvalue weighted by Crippen LogP contribution is 2.29. The van der Waals surface area contributed by atoms with Crippen LogP contribution in [0, 0.1) is 11.6 Å². The van der Waals surface area contributed by atoms with E-state index >= 15 is 0 Å². The molecule has 8 heteroatoms. The number of anilines is 2. The number of halogens is 2. The maximum Gasteiger partial charge on any atom is 0.325 e. The van der Waals surface area contributed by atoms with Crippen LogP contribution in [0.25, 0.3) is 10.9 Å². The van der Waals surface area contributed by atoms with Crippen LogP contribution in [-0.4, -0.2) is 27.1 Å². The molecule has 0 fully saturated rings. The van der Waals surface area contributed by atoms with E-state index in [0.717, 1.165) is 6.07 Å². The lowest BCUT2D eigenvalue weighted by Gasteiger charge is -2.20. The van der Waals surface area contributed by atoms with Crippen molar-refractivity contribution in [1.29, 1.82) is 0 Å². The second-order valence-corrected chi connectivity index (χ2v) is 6.01. The highest BCUT2D eigenvalue weighted by Gasteiger charge is 2.10. The minimum absolute atomic E-state index is 0.0219. The van der Waals surface area contributed by atoms with Crippen molar-refractivity contribution >= 4 is 22.3 Å². The number of benzene rings is 2. The van der Waals surface area contributed by atoms with E-state index in [0.29, 0.717) is 28.0 Å². The summed E-state index contributed by atoms with van der Waals surface area (Å²) >= 11 is 0. The molecule has 2 aromatic carbocycles. The Labute approximate surface area is 158 Å². The number of rotatable bonds is 4. The van der Waals surface area contributed by atoms with Crippen LogP contribution in [0.1, 0.15) is 0 Å². The van der Waals surface area contributed by atoms with Gasteiger partial charge in [-0.3, -0.25) is 4.98 Å². The van der Waals surface area contributed by atoms with E-state index in [-0.39, 0.29) is 11.9 Å². The summed E-state index contributed by atoms with van der Waals surface area (Å²) in [6.07, 6.45) is 3.03. The summed E-state index contributed by atoms with van der Waals surface area (Å²) in [7, 11) is 1.70. The average molecular weight is 380 g/mol. The van der Waals surface area contributed by atoms with Gasteiger partial charge in [-0.15, -0.1) is 0 Å².